The highest BCUT2D eigenvalue weighted by atomic mass is 35.5. The van der Waals surface area contributed by atoms with Gasteiger partial charge in [-0.05, 0) is 29.8 Å². The number of halogens is 2. The maximum absolute atomic E-state index is 13.9. The van der Waals surface area contributed by atoms with Gasteiger partial charge in [0.1, 0.15) is 17.3 Å². The Morgan fingerprint density at radius 3 is 2.58 bits per heavy atom. The minimum Gasteiger partial charge on any atom is -0.266 e. The number of benzene rings is 3. The fourth-order valence-electron chi connectivity index (χ4n) is 3.24. The molecule has 0 unspecified atom stereocenters. The molecule has 4 aromatic rings. The first-order valence-electron chi connectivity index (χ1n) is 9.25. The van der Waals surface area contributed by atoms with E-state index in [1.165, 1.54) is 28.4 Å². The minimum absolute atomic E-state index is 0.0139. The number of hydrogen-bond acceptors (Lipinski definition) is 5. The Bertz CT molecular complexity index is 1360. The summed E-state index contributed by atoms with van der Waals surface area (Å²) < 4.78 is 14.5. The van der Waals surface area contributed by atoms with Crippen molar-refractivity contribution in [3.8, 4) is 0 Å². The molecule has 0 saturated carbocycles. The Morgan fingerprint density at radius 1 is 1.06 bits per heavy atom. The molecule has 0 aliphatic carbocycles. The van der Waals surface area contributed by atoms with Crippen molar-refractivity contribution in [2.75, 3.05) is 4.90 Å². The van der Waals surface area contributed by atoms with Crippen LogP contribution in [0.4, 0.5) is 9.52 Å². The smallest absolute Gasteiger partial charge is 0.266 e. The highest BCUT2D eigenvalue weighted by Crippen LogP contribution is 2.36. The lowest BCUT2D eigenvalue weighted by Crippen LogP contribution is -2.32. The number of aromatic nitrogens is 1. The number of rotatable bonds is 3. The van der Waals surface area contributed by atoms with Gasteiger partial charge in [0.25, 0.3) is 5.91 Å². The van der Waals surface area contributed by atoms with Crippen LogP contribution in [0, 0.1) is 5.82 Å². The van der Waals surface area contributed by atoms with Gasteiger partial charge < -0.3 is 0 Å². The molecule has 0 spiro atoms. The third-order valence-corrected chi connectivity index (χ3v) is 6.43. The number of amides is 1. The Kier molecular flexibility index (Phi) is 5.09. The van der Waals surface area contributed by atoms with Crippen LogP contribution in [0.5, 0.6) is 0 Å². The van der Waals surface area contributed by atoms with Crippen LogP contribution >= 0.6 is 35.6 Å². The van der Waals surface area contributed by atoms with Gasteiger partial charge in [-0.2, -0.15) is 0 Å². The fourth-order valence-corrected chi connectivity index (χ4v) is 4.59. The van der Waals surface area contributed by atoms with Crippen LogP contribution < -0.4 is 4.90 Å². The third-order valence-electron chi connectivity index (χ3n) is 4.73. The summed E-state index contributed by atoms with van der Waals surface area (Å²) in [6, 6.07) is 19.6. The number of anilines is 1. The average molecular weight is 466 g/mol. The summed E-state index contributed by atoms with van der Waals surface area (Å²) in [5.74, 6) is -0.389. The fraction of sp³-hybridized carbons (Fsp3) is 0. The zero-order chi connectivity index (χ0) is 21.5. The van der Waals surface area contributed by atoms with Crippen LogP contribution in [0.15, 0.2) is 82.3 Å². The summed E-state index contributed by atoms with van der Waals surface area (Å²) in [7, 11) is 0. The summed E-state index contributed by atoms with van der Waals surface area (Å²) in [6.07, 6.45) is 1.71. The van der Waals surface area contributed by atoms with Crippen LogP contribution in [0.2, 0.25) is 5.02 Å². The maximum Gasteiger partial charge on any atom is 0.284 e. The molecule has 31 heavy (non-hydrogen) atoms. The first-order valence-corrected chi connectivity index (χ1v) is 10.9. The SMILES string of the molecule is O=C1/C(=C/c2ccccc2S)N=C(c2ccccc2)N1c1nc2cc(Cl)c(F)cc2s1. The summed E-state index contributed by atoms with van der Waals surface area (Å²) in [4.78, 5) is 24.8. The number of hydrogen-bond donors (Lipinski definition) is 1. The molecule has 0 saturated heterocycles. The van der Waals surface area contributed by atoms with E-state index < -0.39 is 5.82 Å². The Hall–Kier alpha value is -3.00. The van der Waals surface area contributed by atoms with Crippen molar-refractivity contribution >= 4 is 68.7 Å². The molecule has 0 fully saturated rings. The molecule has 0 atom stereocenters. The molecule has 1 aromatic heterocycles. The minimum atomic E-state index is -0.528. The molecule has 0 N–H and O–H groups in total. The van der Waals surface area contributed by atoms with Crippen molar-refractivity contribution in [3.63, 3.8) is 0 Å². The molecular formula is C23H13ClFN3OS2. The zero-order valence-electron chi connectivity index (χ0n) is 15.8. The van der Waals surface area contributed by atoms with E-state index in [0.29, 0.717) is 21.2 Å². The molecule has 8 heteroatoms. The predicted octanol–water partition coefficient (Wildman–Crippen LogP) is 6.21. The van der Waals surface area contributed by atoms with Crippen molar-refractivity contribution < 1.29 is 9.18 Å². The second-order valence-electron chi connectivity index (χ2n) is 6.76. The van der Waals surface area contributed by atoms with Gasteiger partial charge in [0.15, 0.2) is 5.13 Å². The van der Waals surface area contributed by atoms with Crippen LogP contribution in [0.25, 0.3) is 16.3 Å². The van der Waals surface area contributed by atoms with Gasteiger partial charge in [0.2, 0.25) is 0 Å². The Morgan fingerprint density at radius 2 is 1.81 bits per heavy atom. The number of carbonyl (C=O) groups excluding carboxylic acids is 1. The quantitative estimate of drug-likeness (QED) is 0.288. The van der Waals surface area contributed by atoms with E-state index in [4.69, 9.17) is 11.6 Å². The maximum atomic E-state index is 13.9. The van der Waals surface area contributed by atoms with Crippen molar-refractivity contribution in [3.05, 3.63) is 94.4 Å². The molecule has 152 valence electrons. The number of carbonyl (C=O) groups is 1. The van der Waals surface area contributed by atoms with Crippen molar-refractivity contribution in [1.29, 1.82) is 0 Å². The van der Waals surface area contributed by atoms with Gasteiger partial charge in [-0.25, -0.2) is 19.3 Å². The summed E-state index contributed by atoms with van der Waals surface area (Å²) in [6.45, 7) is 0. The number of aliphatic imine (C=N–C) groups is 1. The number of amidine groups is 1. The molecule has 5 rings (SSSR count). The van der Waals surface area contributed by atoms with Crippen molar-refractivity contribution in [2.24, 2.45) is 4.99 Å². The van der Waals surface area contributed by atoms with Gasteiger partial charge in [0, 0.05) is 10.5 Å². The lowest BCUT2D eigenvalue weighted by molar-refractivity contribution is -0.113. The van der Waals surface area contributed by atoms with Gasteiger partial charge in [-0.15, -0.1) is 12.6 Å². The number of fused-ring (bicyclic) bond motifs is 1. The molecule has 2 heterocycles. The molecule has 0 radical (unpaired) electrons. The topological polar surface area (TPSA) is 45.6 Å². The van der Waals surface area contributed by atoms with Gasteiger partial charge in [-0.1, -0.05) is 71.5 Å². The summed E-state index contributed by atoms with van der Waals surface area (Å²) >= 11 is 11.6. The third kappa shape index (κ3) is 3.65. The lowest BCUT2D eigenvalue weighted by Gasteiger charge is -2.14. The lowest BCUT2D eigenvalue weighted by atomic mass is 10.2. The molecule has 1 aliphatic rings. The van der Waals surface area contributed by atoms with E-state index in [1.807, 2.05) is 54.6 Å². The largest absolute Gasteiger partial charge is 0.284 e. The second kappa shape index (κ2) is 7.92. The molecular weight excluding hydrogens is 453 g/mol. The number of thiol groups is 1. The van der Waals surface area contributed by atoms with Gasteiger partial charge in [0.05, 0.1) is 15.2 Å². The second-order valence-corrected chi connectivity index (χ2v) is 8.66. The molecule has 3 aromatic carbocycles. The number of nitrogens with zero attached hydrogens (tertiary/aromatic N) is 3. The van der Waals surface area contributed by atoms with E-state index in [0.717, 1.165) is 16.0 Å². The van der Waals surface area contributed by atoms with E-state index in [1.54, 1.807) is 6.08 Å². The Balaban J connectivity index is 1.66. The average Bonchev–Trinajstić information content (AvgIpc) is 3.31. The molecule has 4 nitrogen and oxygen atoms in total. The van der Waals surface area contributed by atoms with E-state index >= 15 is 0 Å². The van der Waals surface area contributed by atoms with Crippen LogP contribution in [-0.4, -0.2) is 16.7 Å². The summed E-state index contributed by atoms with van der Waals surface area (Å²) in [5, 5.41) is 0.381. The first kappa shape index (κ1) is 19.9. The Labute approximate surface area is 191 Å². The first-order chi connectivity index (χ1) is 15.0. The predicted molar refractivity (Wildman–Crippen MR) is 127 cm³/mol. The van der Waals surface area contributed by atoms with Crippen LogP contribution in [-0.2, 0) is 4.79 Å². The van der Waals surface area contributed by atoms with Crippen molar-refractivity contribution in [2.45, 2.75) is 4.90 Å². The van der Waals surface area contributed by atoms with Crippen LogP contribution in [0.3, 0.4) is 0 Å². The molecule has 1 amide bonds. The van der Waals surface area contributed by atoms with E-state index in [2.05, 4.69) is 22.6 Å². The van der Waals surface area contributed by atoms with Gasteiger partial charge >= 0.3 is 0 Å². The van der Waals surface area contributed by atoms with Gasteiger partial charge in [-0.3, -0.25) is 4.79 Å². The highest BCUT2D eigenvalue weighted by Gasteiger charge is 2.34. The van der Waals surface area contributed by atoms with Crippen LogP contribution in [0.1, 0.15) is 11.1 Å². The van der Waals surface area contributed by atoms with E-state index in [-0.39, 0.29) is 16.6 Å². The van der Waals surface area contributed by atoms with Crippen molar-refractivity contribution in [1.82, 2.24) is 4.98 Å². The monoisotopic (exact) mass is 465 g/mol. The number of thiazole rings is 1. The molecule has 0 bridgehead atoms. The molecule has 1 aliphatic heterocycles. The normalized spacial score (nSPS) is 15.2. The highest BCUT2D eigenvalue weighted by molar-refractivity contribution is 7.80. The van der Waals surface area contributed by atoms with E-state index in [9.17, 15) is 9.18 Å². The standard InChI is InChI=1S/C23H13ClFN3OS2/c24-15-11-17-20(12-16(15)25)31-23(27-17)28-21(13-6-2-1-3-7-13)26-18(22(28)29)10-14-8-4-5-9-19(14)30/h1-12,30H/b18-10-. The summed E-state index contributed by atoms with van der Waals surface area (Å²) in [5.41, 5.74) is 2.33. The zero-order valence-corrected chi connectivity index (χ0v) is 18.3.